The number of halogens is 2. The first-order valence-corrected chi connectivity index (χ1v) is 10.8. The van der Waals surface area contributed by atoms with Crippen LogP contribution in [0.1, 0.15) is 27.5 Å². The van der Waals surface area contributed by atoms with Gasteiger partial charge in [0.2, 0.25) is 0 Å². The fourth-order valence-corrected chi connectivity index (χ4v) is 5.03. The third-order valence-corrected chi connectivity index (χ3v) is 6.81. The number of nitrogens with one attached hydrogen (secondary N) is 2. The molecule has 1 fully saturated rings. The van der Waals surface area contributed by atoms with Crippen LogP contribution in [0.3, 0.4) is 0 Å². The normalized spacial score (nSPS) is 19.0. The summed E-state index contributed by atoms with van der Waals surface area (Å²) in [6.07, 6.45) is 1.81. The second-order valence-corrected chi connectivity index (χ2v) is 9.00. The molecule has 1 amide bonds. The van der Waals surface area contributed by atoms with Crippen molar-refractivity contribution in [1.82, 2.24) is 14.9 Å². The first-order chi connectivity index (χ1) is 14.1. The molecule has 29 heavy (non-hydrogen) atoms. The van der Waals surface area contributed by atoms with Gasteiger partial charge in [-0.25, -0.2) is 9.37 Å². The van der Waals surface area contributed by atoms with Crippen LogP contribution < -0.4 is 5.32 Å². The van der Waals surface area contributed by atoms with Crippen LogP contribution in [-0.2, 0) is 17.7 Å². The Morgan fingerprint density at radius 1 is 1.45 bits per heavy atom. The first kappa shape index (κ1) is 18.8. The van der Waals surface area contributed by atoms with Gasteiger partial charge in [0.25, 0.3) is 5.91 Å². The number of nitrogens with zero attached hydrogens (tertiary/aromatic N) is 2. The van der Waals surface area contributed by atoms with Crippen LogP contribution >= 0.6 is 22.9 Å². The van der Waals surface area contributed by atoms with Gasteiger partial charge < -0.3 is 19.9 Å². The van der Waals surface area contributed by atoms with Crippen molar-refractivity contribution in [3.8, 4) is 0 Å². The van der Waals surface area contributed by atoms with E-state index in [1.165, 1.54) is 12.1 Å². The Labute approximate surface area is 176 Å². The van der Waals surface area contributed by atoms with E-state index in [1.54, 1.807) is 22.3 Å². The zero-order valence-electron chi connectivity index (χ0n) is 15.6. The average molecular weight is 435 g/mol. The maximum absolute atomic E-state index is 13.7. The fourth-order valence-electron chi connectivity index (χ4n) is 3.83. The minimum atomic E-state index is -0.492. The van der Waals surface area contributed by atoms with E-state index in [4.69, 9.17) is 21.3 Å². The van der Waals surface area contributed by atoms with Gasteiger partial charge in [-0.15, -0.1) is 0 Å². The predicted molar refractivity (Wildman–Crippen MR) is 111 cm³/mol. The van der Waals surface area contributed by atoms with E-state index in [0.29, 0.717) is 35.6 Å². The average Bonchev–Trinajstić information content (AvgIpc) is 3.44. The Bertz CT molecular complexity index is 1040. The summed E-state index contributed by atoms with van der Waals surface area (Å²) >= 11 is 7.45. The van der Waals surface area contributed by atoms with Crippen molar-refractivity contribution in [1.29, 1.82) is 0 Å². The van der Waals surface area contributed by atoms with Gasteiger partial charge in [-0.1, -0.05) is 22.9 Å². The molecule has 2 N–H and O–H groups in total. The molecular weight excluding hydrogens is 415 g/mol. The SMILES string of the molecule is O=C(c1cc2cc(F)c(Cl)cc2[nH]1)N1CCc2nc(NCC3CCOC3)sc2C1. The van der Waals surface area contributed by atoms with Crippen molar-refractivity contribution < 1.29 is 13.9 Å². The standard InChI is InChI=1S/C20H20ClFN4O2S/c21-13-7-16-12(5-14(13)22)6-17(24-16)19(27)26-3-1-15-18(9-26)29-20(25-15)23-8-11-2-4-28-10-11/h5-7,11,24H,1-4,8-10H2,(H,23,25). The van der Waals surface area contributed by atoms with E-state index in [0.717, 1.165) is 48.3 Å². The predicted octanol–water partition coefficient (Wildman–Crippen LogP) is 4.06. The lowest BCUT2D eigenvalue weighted by Crippen LogP contribution is -2.35. The minimum Gasteiger partial charge on any atom is -0.381 e. The summed E-state index contributed by atoms with van der Waals surface area (Å²) in [6, 6.07) is 4.53. The monoisotopic (exact) mass is 434 g/mol. The van der Waals surface area contributed by atoms with Crippen LogP contribution in [0.4, 0.5) is 9.52 Å². The van der Waals surface area contributed by atoms with Gasteiger partial charge in [-0.2, -0.15) is 0 Å². The van der Waals surface area contributed by atoms with E-state index in [-0.39, 0.29) is 10.9 Å². The number of aromatic nitrogens is 2. The van der Waals surface area contributed by atoms with Crippen LogP contribution in [0.5, 0.6) is 0 Å². The number of thiazole rings is 1. The molecule has 1 saturated heterocycles. The molecule has 0 saturated carbocycles. The molecule has 0 spiro atoms. The van der Waals surface area contributed by atoms with Crippen molar-refractivity contribution in [2.45, 2.75) is 19.4 Å². The Hall–Kier alpha value is -2.16. The van der Waals surface area contributed by atoms with Crippen molar-refractivity contribution >= 4 is 44.9 Å². The number of carbonyl (C=O) groups is 1. The summed E-state index contributed by atoms with van der Waals surface area (Å²) in [5.74, 6) is -0.0580. The summed E-state index contributed by atoms with van der Waals surface area (Å²) in [4.78, 5) is 23.7. The highest BCUT2D eigenvalue weighted by Crippen LogP contribution is 2.30. The van der Waals surface area contributed by atoms with Crippen molar-refractivity contribution in [2.24, 2.45) is 5.92 Å². The summed E-state index contributed by atoms with van der Waals surface area (Å²) in [7, 11) is 0. The van der Waals surface area contributed by atoms with Gasteiger partial charge in [0.05, 0.1) is 23.9 Å². The molecule has 152 valence electrons. The van der Waals surface area contributed by atoms with Gasteiger partial charge in [0.1, 0.15) is 11.5 Å². The Kier molecular flexibility index (Phi) is 4.93. The summed E-state index contributed by atoms with van der Waals surface area (Å²) in [5.41, 5.74) is 2.15. The molecule has 6 nitrogen and oxygen atoms in total. The van der Waals surface area contributed by atoms with Gasteiger partial charge in [-0.05, 0) is 24.6 Å². The largest absolute Gasteiger partial charge is 0.381 e. The van der Waals surface area contributed by atoms with Crippen molar-refractivity contribution in [3.05, 3.63) is 45.3 Å². The summed E-state index contributed by atoms with van der Waals surface area (Å²) in [6.45, 7) is 3.65. The summed E-state index contributed by atoms with van der Waals surface area (Å²) < 4.78 is 19.1. The Morgan fingerprint density at radius 2 is 2.34 bits per heavy atom. The molecule has 9 heteroatoms. The van der Waals surface area contributed by atoms with E-state index in [2.05, 4.69) is 10.3 Å². The number of rotatable bonds is 4. The number of aromatic amines is 1. The Morgan fingerprint density at radius 3 is 3.17 bits per heavy atom. The molecule has 0 bridgehead atoms. The van der Waals surface area contributed by atoms with Gasteiger partial charge >= 0.3 is 0 Å². The molecule has 0 aliphatic carbocycles. The molecule has 1 atom stereocenters. The molecule has 2 aliphatic heterocycles. The van der Waals surface area contributed by atoms with Crippen molar-refractivity contribution in [3.63, 3.8) is 0 Å². The smallest absolute Gasteiger partial charge is 0.270 e. The van der Waals surface area contributed by atoms with Gasteiger partial charge in [0, 0.05) is 47.8 Å². The molecular formula is C20H20ClFN4O2S. The number of benzene rings is 1. The topological polar surface area (TPSA) is 70.2 Å². The van der Waals surface area contributed by atoms with E-state index in [9.17, 15) is 9.18 Å². The van der Waals surface area contributed by atoms with Crippen LogP contribution in [0.2, 0.25) is 5.02 Å². The van der Waals surface area contributed by atoms with Crippen LogP contribution in [0.25, 0.3) is 10.9 Å². The zero-order chi connectivity index (χ0) is 20.0. The van der Waals surface area contributed by atoms with E-state index >= 15 is 0 Å². The second-order valence-electron chi connectivity index (χ2n) is 7.51. The van der Waals surface area contributed by atoms with Crippen LogP contribution in [0, 0.1) is 11.7 Å². The molecule has 2 aliphatic rings. The maximum Gasteiger partial charge on any atom is 0.270 e. The lowest BCUT2D eigenvalue weighted by atomic mass is 10.1. The number of anilines is 1. The summed E-state index contributed by atoms with van der Waals surface area (Å²) in [5, 5.41) is 5.00. The molecule has 2 aromatic heterocycles. The number of hydrogen-bond acceptors (Lipinski definition) is 5. The second kappa shape index (κ2) is 7.59. The quantitative estimate of drug-likeness (QED) is 0.649. The fraction of sp³-hybridized carbons (Fsp3) is 0.400. The first-order valence-electron chi connectivity index (χ1n) is 9.64. The zero-order valence-corrected chi connectivity index (χ0v) is 17.2. The number of ether oxygens (including phenoxy) is 1. The highest BCUT2D eigenvalue weighted by molar-refractivity contribution is 7.15. The third-order valence-electron chi connectivity index (χ3n) is 5.48. The van der Waals surface area contributed by atoms with E-state index in [1.807, 2.05) is 0 Å². The minimum absolute atomic E-state index is 0.0369. The lowest BCUT2D eigenvalue weighted by Gasteiger charge is -2.25. The highest BCUT2D eigenvalue weighted by Gasteiger charge is 2.26. The number of carbonyl (C=O) groups excluding carboxylic acids is 1. The number of H-pyrrole nitrogens is 1. The number of hydrogen-bond donors (Lipinski definition) is 2. The molecule has 5 rings (SSSR count). The maximum atomic E-state index is 13.7. The van der Waals surface area contributed by atoms with Crippen LogP contribution in [0.15, 0.2) is 18.2 Å². The van der Waals surface area contributed by atoms with E-state index < -0.39 is 5.82 Å². The third kappa shape index (κ3) is 3.72. The number of amides is 1. The van der Waals surface area contributed by atoms with Crippen LogP contribution in [-0.4, -0.2) is 47.1 Å². The number of fused-ring (bicyclic) bond motifs is 2. The highest BCUT2D eigenvalue weighted by atomic mass is 35.5. The molecule has 4 heterocycles. The molecule has 1 unspecified atom stereocenters. The lowest BCUT2D eigenvalue weighted by molar-refractivity contribution is 0.0731. The van der Waals surface area contributed by atoms with Gasteiger partial charge in [-0.3, -0.25) is 4.79 Å². The molecule has 0 radical (unpaired) electrons. The Balaban J connectivity index is 1.29. The molecule has 3 aromatic rings. The molecule has 1 aromatic carbocycles. The van der Waals surface area contributed by atoms with Gasteiger partial charge in [0.15, 0.2) is 5.13 Å². The van der Waals surface area contributed by atoms with Crippen molar-refractivity contribution in [2.75, 3.05) is 31.6 Å².